The summed E-state index contributed by atoms with van der Waals surface area (Å²) in [7, 11) is 0. The van der Waals surface area contributed by atoms with Crippen LogP contribution in [-0.4, -0.2) is 22.6 Å². The molecule has 20 heavy (non-hydrogen) atoms. The van der Waals surface area contributed by atoms with E-state index in [1.807, 2.05) is 6.07 Å². The lowest BCUT2D eigenvalue weighted by Gasteiger charge is -2.32. The van der Waals surface area contributed by atoms with E-state index in [9.17, 15) is 0 Å². The maximum Gasteiger partial charge on any atom is 0.223 e. The van der Waals surface area contributed by atoms with Gasteiger partial charge in [-0.2, -0.15) is 9.97 Å². The highest BCUT2D eigenvalue weighted by molar-refractivity contribution is 5.51. The van der Waals surface area contributed by atoms with Gasteiger partial charge in [0.25, 0.3) is 0 Å². The van der Waals surface area contributed by atoms with Gasteiger partial charge in [0.05, 0.1) is 0 Å². The molecule has 1 heterocycles. The molecule has 3 atom stereocenters. The van der Waals surface area contributed by atoms with Crippen molar-refractivity contribution in [3.8, 4) is 0 Å². The molecule has 1 fully saturated rings. The van der Waals surface area contributed by atoms with Gasteiger partial charge in [0.2, 0.25) is 5.95 Å². The summed E-state index contributed by atoms with van der Waals surface area (Å²) in [6, 6.07) is 2.45. The van der Waals surface area contributed by atoms with Crippen molar-refractivity contribution in [1.29, 1.82) is 0 Å². The van der Waals surface area contributed by atoms with Gasteiger partial charge in [-0.15, -0.1) is 0 Å². The van der Waals surface area contributed by atoms with E-state index in [1.54, 1.807) is 0 Å². The third kappa shape index (κ3) is 3.99. The van der Waals surface area contributed by atoms with E-state index in [2.05, 4.69) is 41.4 Å². The smallest absolute Gasteiger partial charge is 0.223 e. The molecule has 112 valence electrons. The van der Waals surface area contributed by atoms with Crippen LogP contribution in [0.25, 0.3) is 0 Å². The van der Waals surface area contributed by atoms with E-state index in [0.29, 0.717) is 12.0 Å². The van der Waals surface area contributed by atoms with Gasteiger partial charge < -0.3 is 16.4 Å². The zero-order valence-corrected chi connectivity index (χ0v) is 12.8. The van der Waals surface area contributed by atoms with Crippen molar-refractivity contribution in [1.82, 2.24) is 9.97 Å². The highest BCUT2D eigenvalue weighted by Crippen LogP contribution is 2.31. The lowest BCUT2D eigenvalue weighted by Crippen LogP contribution is -2.30. The molecular formula is C15H27N5. The summed E-state index contributed by atoms with van der Waals surface area (Å²) >= 11 is 0. The van der Waals surface area contributed by atoms with Gasteiger partial charge in [0.1, 0.15) is 11.6 Å². The van der Waals surface area contributed by atoms with Crippen LogP contribution in [0, 0.1) is 11.8 Å². The number of nitrogens with two attached hydrogens (primary N) is 1. The predicted octanol–water partition coefficient (Wildman–Crippen LogP) is 3.12. The minimum atomic E-state index is 0.325. The summed E-state index contributed by atoms with van der Waals surface area (Å²) in [4.78, 5) is 8.50. The first-order valence-electron chi connectivity index (χ1n) is 7.73. The maximum atomic E-state index is 5.78. The van der Waals surface area contributed by atoms with Crippen molar-refractivity contribution in [2.45, 2.75) is 52.5 Å². The number of rotatable bonds is 5. The molecule has 1 aromatic heterocycles. The Labute approximate surface area is 121 Å². The van der Waals surface area contributed by atoms with Crippen LogP contribution < -0.4 is 16.4 Å². The Morgan fingerprint density at radius 2 is 1.95 bits per heavy atom. The van der Waals surface area contributed by atoms with Crippen LogP contribution in [0.15, 0.2) is 6.07 Å². The number of hydrogen-bond acceptors (Lipinski definition) is 5. The fraction of sp³-hybridized carbons (Fsp3) is 0.733. The second-order valence-electron chi connectivity index (χ2n) is 6.03. The molecule has 2 rings (SSSR count). The Kier molecular flexibility index (Phi) is 5.04. The van der Waals surface area contributed by atoms with Crippen molar-refractivity contribution in [2.24, 2.45) is 11.8 Å². The molecule has 4 N–H and O–H groups in total. The summed E-state index contributed by atoms with van der Waals surface area (Å²) in [5.74, 6) is 3.55. The van der Waals surface area contributed by atoms with Gasteiger partial charge >= 0.3 is 0 Å². The van der Waals surface area contributed by atoms with Crippen molar-refractivity contribution in [3.05, 3.63) is 6.07 Å². The van der Waals surface area contributed by atoms with Gasteiger partial charge in [0.15, 0.2) is 0 Å². The predicted molar refractivity (Wildman–Crippen MR) is 84.8 cm³/mol. The topological polar surface area (TPSA) is 75.9 Å². The minimum Gasteiger partial charge on any atom is -0.370 e. The van der Waals surface area contributed by atoms with Crippen molar-refractivity contribution >= 4 is 17.6 Å². The first-order valence-corrected chi connectivity index (χ1v) is 7.73. The van der Waals surface area contributed by atoms with E-state index in [0.717, 1.165) is 36.4 Å². The van der Waals surface area contributed by atoms with Gasteiger partial charge in [0, 0.05) is 18.7 Å². The van der Waals surface area contributed by atoms with Crippen LogP contribution in [0.1, 0.15) is 46.5 Å². The second kappa shape index (κ2) is 6.77. The third-order valence-electron chi connectivity index (χ3n) is 4.25. The Bertz CT molecular complexity index is 434. The summed E-state index contributed by atoms with van der Waals surface area (Å²) in [5.41, 5.74) is 5.78. The quantitative estimate of drug-likeness (QED) is 0.771. The molecule has 0 bridgehead atoms. The van der Waals surface area contributed by atoms with Crippen LogP contribution in [0.4, 0.5) is 17.6 Å². The fourth-order valence-electron chi connectivity index (χ4n) is 2.77. The molecule has 1 aliphatic carbocycles. The zero-order chi connectivity index (χ0) is 14.5. The highest BCUT2D eigenvalue weighted by atomic mass is 15.1. The number of nitrogens with zero attached hydrogens (tertiary/aromatic N) is 2. The molecule has 1 aliphatic rings. The highest BCUT2D eigenvalue weighted by Gasteiger charge is 2.24. The fourth-order valence-corrected chi connectivity index (χ4v) is 2.77. The Hall–Kier alpha value is -1.52. The van der Waals surface area contributed by atoms with Crippen LogP contribution in [0.2, 0.25) is 0 Å². The van der Waals surface area contributed by atoms with E-state index >= 15 is 0 Å². The minimum absolute atomic E-state index is 0.325. The molecule has 5 heteroatoms. The van der Waals surface area contributed by atoms with Crippen molar-refractivity contribution < 1.29 is 0 Å². The second-order valence-corrected chi connectivity index (χ2v) is 6.03. The standard InChI is InChI=1S/C15H27N5/c1-4-7-17-13-9-14(20-15(16)19-13)18-12-6-5-10(2)11(3)8-12/h9-12H,4-8H2,1-3H3,(H4,16,17,18,19,20). The van der Waals surface area contributed by atoms with E-state index in [4.69, 9.17) is 5.73 Å². The molecular weight excluding hydrogens is 250 g/mol. The molecule has 3 unspecified atom stereocenters. The van der Waals surface area contributed by atoms with E-state index in [1.165, 1.54) is 19.3 Å². The Morgan fingerprint density at radius 3 is 2.65 bits per heavy atom. The normalized spacial score (nSPS) is 26.2. The van der Waals surface area contributed by atoms with E-state index < -0.39 is 0 Å². The lowest BCUT2D eigenvalue weighted by molar-refractivity contribution is 0.260. The van der Waals surface area contributed by atoms with E-state index in [-0.39, 0.29) is 0 Å². The van der Waals surface area contributed by atoms with Gasteiger partial charge in [-0.3, -0.25) is 0 Å². The van der Waals surface area contributed by atoms with Gasteiger partial charge in [-0.25, -0.2) is 0 Å². The molecule has 0 amide bonds. The maximum absolute atomic E-state index is 5.78. The Balaban J connectivity index is 1.99. The van der Waals surface area contributed by atoms with Gasteiger partial charge in [-0.05, 0) is 37.5 Å². The van der Waals surface area contributed by atoms with Crippen molar-refractivity contribution in [3.63, 3.8) is 0 Å². The summed E-state index contributed by atoms with van der Waals surface area (Å²) in [6.45, 7) is 7.70. The van der Waals surface area contributed by atoms with Crippen molar-refractivity contribution in [2.75, 3.05) is 22.9 Å². The monoisotopic (exact) mass is 277 g/mol. The zero-order valence-electron chi connectivity index (χ0n) is 12.8. The molecule has 1 saturated carbocycles. The number of anilines is 3. The molecule has 0 aromatic carbocycles. The number of hydrogen-bond donors (Lipinski definition) is 3. The number of aromatic nitrogens is 2. The average molecular weight is 277 g/mol. The van der Waals surface area contributed by atoms with Crippen LogP contribution in [-0.2, 0) is 0 Å². The molecule has 1 aromatic rings. The molecule has 0 saturated heterocycles. The van der Waals surface area contributed by atoms with Crippen LogP contribution in [0.5, 0.6) is 0 Å². The van der Waals surface area contributed by atoms with Gasteiger partial charge in [-0.1, -0.05) is 20.8 Å². The first-order chi connectivity index (χ1) is 9.58. The SMILES string of the molecule is CCCNc1cc(NC2CCC(C)C(C)C2)nc(N)n1. The number of nitrogens with one attached hydrogen (secondary N) is 2. The largest absolute Gasteiger partial charge is 0.370 e. The lowest BCUT2D eigenvalue weighted by atomic mass is 9.79. The summed E-state index contributed by atoms with van der Waals surface area (Å²) < 4.78 is 0. The third-order valence-corrected chi connectivity index (χ3v) is 4.25. The van der Waals surface area contributed by atoms with Crippen LogP contribution >= 0.6 is 0 Å². The summed E-state index contributed by atoms with van der Waals surface area (Å²) in [6.07, 6.45) is 4.74. The van der Waals surface area contributed by atoms with Crippen LogP contribution in [0.3, 0.4) is 0 Å². The average Bonchev–Trinajstić information content (AvgIpc) is 2.40. The first kappa shape index (κ1) is 14.9. The summed E-state index contributed by atoms with van der Waals surface area (Å²) in [5, 5.41) is 6.78. The Morgan fingerprint density at radius 1 is 1.20 bits per heavy atom. The molecule has 0 spiro atoms. The molecule has 0 radical (unpaired) electrons. The molecule has 5 nitrogen and oxygen atoms in total. The number of nitrogen functional groups attached to an aromatic ring is 1. The molecule has 0 aliphatic heterocycles.